The second kappa shape index (κ2) is 9.63. The van der Waals surface area contributed by atoms with Gasteiger partial charge in [-0.05, 0) is 60.5 Å². The lowest BCUT2D eigenvalue weighted by atomic mass is 9.95. The molecule has 7 nitrogen and oxygen atoms in total. The average molecular weight is 546 g/mol. The molecule has 2 N–H and O–H groups in total. The summed E-state index contributed by atoms with van der Waals surface area (Å²) in [6, 6.07) is 14.2. The number of nitrogens with one attached hydrogen (secondary N) is 1. The Balaban J connectivity index is 1.48. The van der Waals surface area contributed by atoms with Gasteiger partial charge in [0.1, 0.15) is 11.6 Å². The van der Waals surface area contributed by atoms with Gasteiger partial charge >= 0.3 is 5.69 Å². The van der Waals surface area contributed by atoms with E-state index in [-0.39, 0.29) is 11.4 Å². The Labute approximate surface area is 230 Å². The molecule has 1 saturated heterocycles. The Hall–Kier alpha value is -4.01. The summed E-state index contributed by atoms with van der Waals surface area (Å²) >= 11 is 6.58. The summed E-state index contributed by atoms with van der Waals surface area (Å²) in [6.45, 7) is 4.74. The lowest BCUT2D eigenvalue weighted by molar-refractivity contribution is 0.477. The monoisotopic (exact) mass is 545 g/mol. The number of anilines is 1. The van der Waals surface area contributed by atoms with E-state index >= 15 is 4.39 Å². The summed E-state index contributed by atoms with van der Waals surface area (Å²) < 4.78 is 20.0. The number of piperazine rings is 1. The number of imidazole rings is 1. The molecule has 3 heterocycles. The van der Waals surface area contributed by atoms with Crippen LogP contribution in [0.25, 0.3) is 38.8 Å². The predicted octanol–water partition coefficient (Wildman–Crippen LogP) is 5.30. The van der Waals surface area contributed by atoms with E-state index in [2.05, 4.69) is 23.2 Å². The Morgan fingerprint density at radius 2 is 1.72 bits per heavy atom. The van der Waals surface area contributed by atoms with Gasteiger partial charge in [-0.25, -0.2) is 9.18 Å². The number of phenolic OH excluding ortho intramolecular Hbond substituents is 1. The molecule has 39 heavy (non-hydrogen) atoms. The molecule has 0 radical (unpaired) electrons. The van der Waals surface area contributed by atoms with Gasteiger partial charge in [0.2, 0.25) is 0 Å². The summed E-state index contributed by atoms with van der Waals surface area (Å²) in [7, 11) is 3.64. The fourth-order valence-electron chi connectivity index (χ4n) is 5.48. The fourth-order valence-corrected chi connectivity index (χ4v) is 5.75. The van der Waals surface area contributed by atoms with E-state index in [4.69, 9.17) is 11.6 Å². The van der Waals surface area contributed by atoms with Crippen molar-refractivity contribution in [1.29, 1.82) is 0 Å². The van der Waals surface area contributed by atoms with Gasteiger partial charge in [-0.2, -0.15) is 0 Å². The minimum absolute atomic E-state index is 0.0368. The molecule has 5 aromatic rings. The Kier molecular flexibility index (Phi) is 6.24. The first kappa shape index (κ1) is 25.3. The number of fused-ring (bicyclic) bond motifs is 1. The van der Waals surface area contributed by atoms with E-state index in [0.29, 0.717) is 33.4 Å². The first-order valence-electron chi connectivity index (χ1n) is 12.9. The molecule has 0 unspecified atom stereocenters. The van der Waals surface area contributed by atoms with Crippen LogP contribution < -0.4 is 15.9 Å². The maximum Gasteiger partial charge on any atom is 0.332 e. The van der Waals surface area contributed by atoms with Gasteiger partial charge in [0.05, 0.1) is 16.2 Å². The van der Waals surface area contributed by atoms with Crippen LogP contribution in [0.5, 0.6) is 5.75 Å². The smallest absolute Gasteiger partial charge is 0.332 e. The van der Waals surface area contributed by atoms with Gasteiger partial charge in [0.25, 0.3) is 0 Å². The van der Waals surface area contributed by atoms with Crippen LogP contribution in [0.2, 0.25) is 5.02 Å². The van der Waals surface area contributed by atoms with Crippen molar-refractivity contribution in [3.63, 3.8) is 0 Å². The van der Waals surface area contributed by atoms with Crippen molar-refractivity contribution in [3.8, 4) is 33.7 Å². The van der Waals surface area contributed by atoms with E-state index in [9.17, 15) is 9.90 Å². The summed E-state index contributed by atoms with van der Waals surface area (Å²) in [5.74, 6) is -0.508. The van der Waals surface area contributed by atoms with Crippen LogP contribution in [0, 0.1) is 5.82 Å². The first-order chi connectivity index (χ1) is 18.7. The Morgan fingerprint density at radius 3 is 2.41 bits per heavy atom. The number of aryl methyl sites for hydroxylation is 2. The number of hydrogen-bond acceptors (Lipinski definition) is 4. The standard InChI is InChI=1S/C30H29ClFN5O2/c1-18-17-36(9-7-33-18)28-14-20(13-27-22(28)6-8-34(27)2)24-16-21(32)15-23(29(24)38)19-4-5-26(25(31)12-19)37-11-10-35(3)30(37)39/h4-6,8,10-16,18,33,38H,7,9,17H2,1-3H3/t18-/m1/s1. The molecule has 0 saturated carbocycles. The van der Waals surface area contributed by atoms with E-state index in [1.54, 1.807) is 37.6 Å². The molecule has 9 heteroatoms. The predicted molar refractivity (Wildman–Crippen MR) is 155 cm³/mol. The van der Waals surface area contributed by atoms with Crippen molar-refractivity contribution in [1.82, 2.24) is 19.0 Å². The Morgan fingerprint density at radius 1 is 0.949 bits per heavy atom. The minimum atomic E-state index is -0.471. The number of halogens is 2. The zero-order chi connectivity index (χ0) is 27.4. The van der Waals surface area contributed by atoms with Crippen molar-refractivity contribution < 1.29 is 9.50 Å². The van der Waals surface area contributed by atoms with Crippen LogP contribution in [0.1, 0.15) is 6.92 Å². The van der Waals surface area contributed by atoms with Crippen molar-refractivity contribution in [2.75, 3.05) is 24.5 Å². The van der Waals surface area contributed by atoms with E-state index in [1.807, 2.05) is 29.9 Å². The summed E-state index contributed by atoms with van der Waals surface area (Å²) in [5.41, 5.74) is 4.32. The summed E-state index contributed by atoms with van der Waals surface area (Å²) in [6.07, 6.45) is 5.30. The molecule has 1 aliphatic heterocycles. The third kappa shape index (κ3) is 4.39. The fraction of sp³-hybridized carbons (Fsp3) is 0.233. The lowest BCUT2D eigenvalue weighted by Gasteiger charge is -2.34. The third-order valence-corrected chi connectivity index (χ3v) is 7.84. The molecule has 0 bridgehead atoms. The van der Waals surface area contributed by atoms with Gasteiger partial charge in [0, 0.05) is 80.6 Å². The number of benzene rings is 3. The van der Waals surface area contributed by atoms with Crippen LogP contribution in [0.4, 0.5) is 10.1 Å². The molecule has 0 spiro atoms. The highest BCUT2D eigenvalue weighted by Gasteiger charge is 2.22. The van der Waals surface area contributed by atoms with E-state index in [1.165, 1.54) is 21.3 Å². The quantitative estimate of drug-likeness (QED) is 0.322. The lowest BCUT2D eigenvalue weighted by Crippen LogP contribution is -2.49. The van der Waals surface area contributed by atoms with Crippen molar-refractivity contribution >= 4 is 28.2 Å². The number of aromatic nitrogens is 3. The molecule has 1 fully saturated rings. The van der Waals surface area contributed by atoms with Gasteiger partial charge in [-0.1, -0.05) is 17.7 Å². The summed E-state index contributed by atoms with van der Waals surface area (Å²) in [4.78, 5) is 14.7. The average Bonchev–Trinajstić information content (AvgIpc) is 3.46. The van der Waals surface area contributed by atoms with E-state index in [0.717, 1.165) is 41.8 Å². The second-order valence-corrected chi connectivity index (χ2v) is 10.6. The normalized spacial score (nSPS) is 15.8. The molecule has 200 valence electrons. The number of phenols is 1. The molecule has 0 aliphatic carbocycles. The van der Waals surface area contributed by atoms with Crippen molar-refractivity contribution in [3.05, 3.63) is 88.4 Å². The first-order valence-corrected chi connectivity index (χ1v) is 13.2. The van der Waals surface area contributed by atoms with Gasteiger partial charge in [0.15, 0.2) is 0 Å². The van der Waals surface area contributed by atoms with Crippen molar-refractivity contribution in [2.45, 2.75) is 13.0 Å². The molecule has 1 aliphatic rings. The van der Waals surface area contributed by atoms with Crippen LogP contribution in [-0.4, -0.2) is 44.5 Å². The molecule has 1 atom stereocenters. The zero-order valence-electron chi connectivity index (χ0n) is 21.9. The zero-order valence-corrected chi connectivity index (χ0v) is 22.7. The number of nitrogens with zero attached hydrogens (tertiary/aromatic N) is 4. The van der Waals surface area contributed by atoms with Crippen LogP contribution in [0.15, 0.2) is 71.9 Å². The van der Waals surface area contributed by atoms with E-state index < -0.39 is 5.82 Å². The van der Waals surface area contributed by atoms with Gasteiger partial charge in [-0.15, -0.1) is 0 Å². The highest BCUT2D eigenvalue weighted by Crippen LogP contribution is 2.43. The Bertz CT molecular complexity index is 1790. The maximum atomic E-state index is 15.1. The minimum Gasteiger partial charge on any atom is -0.507 e. The highest BCUT2D eigenvalue weighted by atomic mass is 35.5. The molecule has 6 rings (SSSR count). The van der Waals surface area contributed by atoms with Gasteiger partial charge in [-0.3, -0.25) is 4.57 Å². The van der Waals surface area contributed by atoms with Crippen LogP contribution >= 0.6 is 11.6 Å². The topological polar surface area (TPSA) is 67.4 Å². The highest BCUT2D eigenvalue weighted by molar-refractivity contribution is 6.32. The summed E-state index contributed by atoms with van der Waals surface area (Å²) in [5, 5.41) is 16.4. The molecular weight excluding hydrogens is 517 g/mol. The molecule has 3 aromatic carbocycles. The maximum absolute atomic E-state index is 15.1. The third-order valence-electron chi connectivity index (χ3n) is 7.54. The second-order valence-electron chi connectivity index (χ2n) is 10.2. The molecular formula is C30H29ClFN5O2. The van der Waals surface area contributed by atoms with Crippen LogP contribution in [-0.2, 0) is 14.1 Å². The molecule has 0 amide bonds. The molecule has 2 aromatic heterocycles. The number of hydrogen-bond donors (Lipinski definition) is 2. The SMILES string of the molecule is C[C@@H]1CN(c2cc(-c3cc(F)cc(-c4ccc(-n5ccn(C)c5=O)c(Cl)c4)c3O)cc3c2ccn3C)CCN1. The largest absolute Gasteiger partial charge is 0.507 e. The van der Waals surface area contributed by atoms with Gasteiger partial charge < -0.3 is 24.5 Å². The van der Waals surface area contributed by atoms with Crippen LogP contribution in [0.3, 0.4) is 0 Å². The number of rotatable bonds is 4. The van der Waals surface area contributed by atoms with Crippen molar-refractivity contribution in [2.24, 2.45) is 14.1 Å². The number of aromatic hydroxyl groups is 1.